The Kier molecular flexibility index (Phi) is 4.70. The fourth-order valence-corrected chi connectivity index (χ4v) is 5.09. The summed E-state index contributed by atoms with van der Waals surface area (Å²) in [4.78, 5) is 1.14. The SMILES string of the molecule is Cc1nn(-c2ccccc2)c(CSc2nnc(-c3cccs3)n2C2CC2)c1C#N. The molecular weight excluding hydrogens is 400 g/mol. The summed E-state index contributed by atoms with van der Waals surface area (Å²) < 4.78 is 4.14. The van der Waals surface area contributed by atoms with Crippen molar-refractivity contribution in [3.8, 4) is 22.5 Å². The van der Waals surface area contributed by atoms with Crippen LogP contribution in [0.25, 0.3) is 16.4 Å². The van der Waals surface area contributed by atoms with Crippen molar-refractivity contribution in [3.63, 3.8) is 0 Å². The molecule has 0 bridgehead atoms. The van der Waals surface area contributed by atoms with E-state index in [9.17, 15) is 5.26 Å². The normalized spacial score (nSPS) is 13.5. The Morgan fingerprint density at radius 1 is 1.17 bits per heavy atom. The smallest absolute Gasteiger partial charge is 0.192 e. The molecular formula is C21H18N6S2. The van der Waals surface area contributed by atoms with Crippen molar-refractivity contribution in [2.45, 2.75) is 36.7 Å². The van der Waals surface area contributed by atoms with Crippen LogP contribution in [-0.4, -0.2) is 24.5 Å². The number of aryl methyl sites for hydroxylation is 1. The maximum Gasteiger partial charge on any atom is 0.192 e. The summed E-state index contributed by atoms with van der Waals surface area (Å²) in [6, 6.07) is 16.9. The van der Waals surface area contributed by atoms with Gasteiger partial charge in [-0.05, 0) is 43.3 Å². The van der Waals surface area contributed by atoms with Crippen molar-refractivity contribution in [1.82, 2.24) is 24.5 Å². The molecule has 0 atom stereocenters. The average molecular weight is 419 g/mol. The van der Waals surface area contributed by atoms with Crippen LogP contribution in [0.15, 0.2) is 53.0 Å². The molecule has 3 aromatic heterocycles. The Bertz CT molecular complexity index is 1180. The molecule has 1 aliphatic carbocycles. The van der Waals surface area contributed by atoms with Crippen molar-refractivity contribution in [1.29, 1.82) is 5.26 Å². The fourth-order valence-electron chi connectivity index (χ4n) is 3.38. The molecule has 8 heteroatoms. The predicted octanol–water partition coefficient (Wildman–Crippen LogP) is 5.00. The van der Waals surface area contributed by atoms with Gasteiger partial charge in [0.1, 0.15) is 6.07 Å². The maximum atomic E-state index is 9.69. The molecule has 1 aromatic carbocycles. The number of hydrogen-bond donors (Lipinski definition) is 0. The number of benzene rings is 1. The summed E-state index contributed by atoms with van der Waals surface area (Å²) in [6.45, 7) is 1.88. The van der Waals surface area contributed by atoms with Gasteiger partial charge in [-0.2, -0.15) is 10.4 Å². The summed E-state index contributed by atoms with van der Waals surface area (Å²) in [5.41, 5.74) is 3.23. The van der Waals surface area contributed by atoms with E-state index in [4.69, 9.17) is 0 Å². The van der Waals surface area contributed by atoms with Gasteiger partial charge in [0, 0.05) is 11.8 Å². The molecule has 0 unspecified atom stereocenters. The molecule has 144 valence electrons. The first kappa shape index (κ1) is 18.2. The first-order chi connectivity index (χ1) is 14.3. The second kappa shape index (κ2) is 7.50. The quantitative estimate of drug-likeness (QED) is 0.412. The van der Waals surface area contributed by atoms with Gasteiger partial charge in [0.25, 0.3) is 0 Å². The van der Waals surface area contributed by atoms with Gasteiger partial charge >= 0.3 is 0 Å². The van der Waals surface area contributed by atoms with E-state index in [-0.39, 0.29) is 0 Å². The topological polar surface area (TPSA) is 72.3 Å². The first-order valence-corrected chi connectivity index (χ1v) is 11.3. The summed E-state index contributed by atoms with van der Waals surface area (Å²) >= 11 is 3.30. The Morgan fingerprint density at radius 3 is 2.69 bits per heavy atom. The highest BCUT2D eigenvalue weighted by atomic mass is 32.2. The molecule has 0 saturated heterocycles. The molecule has 1 aliphatic rings. The number of nitrogens with zero attached hydrogens (tertiary/aromatic N) is 6. The van der Waals surface area contributed by atoms with Crippen LogP contribution in [0.3, 0.4) is 0 Å². The Balaban J connectivity index is 1.49. The number of thiophene rings is 1. The van der Waals surface area contributed by atoms with Crippen LogP contribution in [0, 0.1) is 18.3 Å². The van der Waals surface area contributed by atoms with E-state index in [2.05, 4.69) is 37.4 Å². The van der Waals surface area contributed by atoms with Gasteiger partial charge in [-0.15, -0.1) is 21.5 Å². The number of nitriles is 1. The number of rotatable bonds is 6. The third kappa shape index (κ3) is 3.37. The molecule has 0 radical (unpaired) electrons. The molecule has 0 spiro atoms. The molecule has 29 heavy (non-hydrogen) atoms. The van der Waals surface area contributed by atoms with Crippen LogP contribution in [-0.2, 0) is 5.75 Å². The summed E-state index contributed by atoms with van der Waals surface area (Å²) in [5.74, 6) is 1.55. The zero-order valence-electron chi connectivity index (χ0n) is 15.8. The lowest BCUT2D eigenvalue weighted by atomic mass is 10.2. The van der Waals surface area contributed by atoms with Crippen molar-refractivity contribution in [3.05, 3.63) is 64.8 Å². The third-order valence-corrected chi connectivity index (χ3v) is 6.74. The average Bonchev–Trinajstić information content (AvgIpc) is 3.16. The van der Waals surface area contributed by atoms with Crippen molar-refractivity contribution < 1.29 is 0 Å². The van der Waals surface area contributed by atoms with Crippen LogP contribution < -0.4 is 0 Å². The van der Waals surface area contributed by atoms with Crippen LogP contribution in [0.4, 0.5) is 0 Å². The molecule has 1 saturated carbocycles. The van der Waals surface area contributed by atoms with Crippen LogP contribution in [0.5, 0.6) is 0 Å². The van der Waals surface area contributed by atoms with E-state index in [1.807, 2.05) is 48.0 Å². The molecule has 1 fully saturated rings. The minimum absolute atomic E-state index is 0.473. The van der Waals surface area contributed by atoms with E-state index in [1.165, 1.54) is 0 Å². The van der Waals surface area contributed by atoms with Crippen LogP contribution in [0.1, 0.15) is 35.8 Å². The largest absolute Gasteiger partial charge is 0.298 e. The highest BCUT2D eigenvalue weighted by Gasteiger charge is 2.30. The summed E-state index contributed by atoms with van der Waals surface area (Å²) in [7, 11) is 0. The van der Waals surface area contributed by atoms with E-state index in [0.717, 1.165) is 45.8 Å². The van der Waals surface area contributed by atoms with Gasteiger partial charge in [0.15, 0.2) is 11.0 Å². The van der Waals surface area contributed by atoms with E-state index < -0.39 is 0 Å². The van der Waals surface area contributed by atoms with E-state index >= 15 is 0 Å². The number of thioether (sulfide) groups is 1. The van der Waals surface area contributed by atoms with Gasteiger partial charge in [0.2, 0.25) is 0 Å². The standard InChI is InChI=1S/C21H18N6S2/c1-14-17(12-22)18(27(25-14)16-6-3-2-4-7-16)13-29-21-24-23-20(19-8-5-11-28-19)26(21)15-9-10-15/h2-8,11,15H,9-10,13H2,1H3. The number of para-hydroxylation sites is 1. The van der Waals surface area contributed by atoms with Crippen LogP contribution >= 0.6 is 23.1 Å². The van der Waals surface area contributed by atoms with Gasteiger partial charge in [-0.3, -0.25) is 4.57 Å². The molecule has 5 rings (SSSR count). The van der Waals surface area contributed by atoms with Gasteiger partial charge in [-0.25, -0.2) is 4.68 Å². The number of hydrogen-bond acceptors (Lipinski definition) is 6. The fraction of sp³-hybridized carbons (Fsp3) is 0.238. The van der Waals surface area contributed by atoms with E-state index in [0.29, 0.717) is 17.4 Å². The van der Waals surface area contributed by atoms with Crippen molar-refractivity contribution in [2.24, 2.45) is 0 Å². The zero-order chi connectivity index (χ0) is 19.8. The second-order valence-corrected chi connectivity index (χ2v) is 8.83. The van der Waals surface area contributed by atoms with Gasteiger partial charge in [0.05, 0.1) is 27.5 Å². The minimum Gasteiger partial charge on any atom is -0.298 e. The second-order valence-electron chi connectivity index (χ2n) is 6.94. The molecule has 3 heterocycles. The van der Waals surface area contributed by atoms with Crippen molar-refractivity contribution in [2.75, 3.05) is 0 Å². The monoisotopic (exact) mass is 418 g/mol. The molecule has 4 aromatic rings. The number of aromatic nitrogens is 5. The van der Waals surface area contributed by atoms with Gasteiger partial charge < -0.3 is 0 Å². The zero-order valence-corrected chi connectivity index (χ0v) is 17.5. The molecule has 0 aliphatic heterocycles. The highest BCUT2D eigenvalue weighted by molar-refractivity contribution is 7.98. The lowest BCUT2D eigenvalue weighted by Crippen LogP contribution is -2.03. The summed E-state index contributed by atoms with van der Waals surface area (Å²) in [5, 5.41) is 26.2. The molecule has 0 amide bonds. The first-order valence-electron chi connectivity index (χ1n) is 9.42. The lowest BCUT2D eigenvalue weighted by molar-refractivity contribution is 0.669. The Hall–Kier alpha value is -2.89. The third-order valence-electron chi connectivity index (χ3n) is 4.92. The highest BCUT2D eigenvalue weighted by Crippen LogP contribution is 2.42. The molecule has 6 nitrogen and oxygen atoms in total. The van der Waals surface area contributed by atoms with E-state index in [1.54, 1.807) is 23.1 Å². The maximum absolute atomic E-state index is 9.69. The summed E-state index contributed by atoms with van der Waals surface area (Å²) in [6.07, 6.45) is 2.32. The van der Waals surface area contributed by atoms with Crippen LogP contribution in [0.2, 0.25) is 0 Å². The predicted molar refractivity (Wildman–Crippen MR) is 114 cm³/mol. The van der Waals surface area contributed by atoms with Crippen molar-refractivity contribution >= 4 is 23.1 Å². The lowest BCUT2D eigenvalue weighted by Gasteiger charge is -2.09. The van der Waals surface area contributed by atoms with Gasteiger partial charge in [-0.1, -0.05) is 36.0 Å². The molecule has 0 N–H and O–H groups in total. The Labute approximate surface area is 176 Å². The minimum atomic E-state index is 0.473. The Morgan fingerprint density at radius 2 is 2.00 bits per heavy atom.